The molecular formula is C11H16N2O4. The zero-order valence-electron chi connectivity index (χ0n) is 9.99. The van der Waals surface area contributed by atoms with Crippen LogP contribution in [0.2, 0.25) is 0 Å². The third-order valence-corrected chi connectivity index (χ3v) is 3.08. The van der Waals surface area contributed by atoms with E-state index in [1.165, 1.54) is 4.90 Å². The van der Waals surface area contributed by atoms with Crippen LogP contribution in [-0.4, -0.2) is 41.0 Å². The Morgan fingerprint density at radius 3 is 2.65 bits per heavy atom. The first-order chi connectivity index (χ1) is 7.89. The van der Waals surface area contributed by atoms with Crippen LogP contribution >= 0.6 is 0 Å². The first-order valence-electron chi connectivity index (χ1n) is 5.69. The lowest BCUT2D eigenvalue weighted by atomic mass is 9.92. The number of ether oxygens (including phenoxy) is 1. The molecule has 0 aromatic carbocycles. The SMILES string of the molecule is CC1(C)CC(N2C(=O)CC(=O)NC2=O)CCO1. The predicted octanol–water partition coefficient (Wildman–Crippen LogP) is 0.412. The standard InChI is InChI=1S/C11H16N2O4/c1-11(2)6-7(3-4-17-11)13-9(15)5-8(14)12-10(13)16/h7H,3-6H2,1-2H3,(H,12,14,16). The van der Waals surface area contributed by atoms with Crippen molar-refractivity contribution in [3.05, 3.63) is 0 Å². The van der Waals surface area contributed by atoms with E-state index in [0.29, 0.717) is 19.4 Å². The van der Waals surface area contributed by atoms with Gasteiger partial charge in [-0.15, -0.1) is 0 Å². The molecule has 4 amide bonds. The molecule has 0 saturated carbocycles. The van der Waals surface area contributed by atoms with E-state index in [-0.39, 0.29) is 18.1 Å². The number of rotatable bonds is 1. The molecule has 2 heterocycles. The molecule has 0 bridgehead atoms. The first kappa shape index (κ1) is 12.0. The highest BCUT2D eigenvalue weighted by Crippen LogP contribution is 2.28. The number of amides is 4. The zero-order chi connectivity index (χ0) is 12.6. The van der Waals surface area contributed by atoms with E-state index < -0.39 is 17.8 Å². The molecule has 0 aromatic heterocycles. The summed E-state index contributed by atoms with van der Waals surface area (Å²) in [5.41, 5.74) is -0.342. The highest BCUT2D eigenvalue weighted by atomic mass is 16.5. The van der Waals surface area contributed by atoms with E-state index >= 15 is 0 Å². The van der Waals surface area contributed by atoms with Gasteiger partial charge in [-0.2, -0.15) is 0 Å². The van der Waals surface area contributed by atoms with Crippen molar-refractivity contribution in [2.75, 3.05) is 6.61 Å². The molecule has 1 atom stereocenters. The summed E-state index contributed by atoms with van der Waals surface area (Å²) in [5, 5.41) is 2.17. The van der Waals surface area contributed by atoms with Crippen molar-refractivity contribution in [1.82, 2.24) is 10.2 Å². The largest absolute Gasteiger partial charge is 0.375 e. The van der Waals surface area contributed by atoms with Gasteiger partial charge in [0.25, 0.3) is 0 Å². The maximum atomic E-state index is 11.7. The van der Waals surface area contributed by atoms with Crippen molar-refractivity contribution >= 4 is 17.8 Å². The van der Waals surface area contributed by atoms with Gasteiger partial charge in [-0.25, -0.2) is 4.79 Å². The van der Waals surface area contributed by atoms with Gasteiger partial charge in [0.05, 0.1) is 5.60 Å². The summed E-state index contributed by atoms with van der Waals surface area (Å²) in [5.74, 6) is -0.941. The van der Waals surface area contributed by atoms with Gasteiger partial charge in [0.1, 0.15) is 6.42 Å². The number of hydrogen-bond donors (Lipinski definition) is 1. The summed E-state index contributed by atoms with van der Waals surface area (Å²) in [6, 6.07) is -0.784. The normalized spacial score (nSPS) is 29.2. The van der Waals surface area contributed by atoms with Gasteiger partial charge in [0.15, 0.2) is 0 Å². The Morgan fingerprint density at radius 1 is 1.35 bits per heavy atom. The summed E-state index contributed by atoms with van der Waals surface area (Å²) in [6.45, 7) is 4.37. The molecule has 2 aliphatic heterocycles. The number of carbonyl (C=O) groups excluding carboxylic acids is 3. The van der Waals surface area contributed by atoms with E-state index in [1.807, 2.05) is 13.8 Å². The third kappa shape index (κ3) is 2.46. The quantitative estimate of drug-likeness (QED) is 0.674. The van der Waals surface area contributed by atoms with Crippen LogP contribution < -0.4 is 5.32 Å². The van der Waals surface area contributed by atoms with Gasteiger partial charge in [-0.3, -0.25) is 19.8 Å². The molecule has 2 aliphatic rings. The molecule has 0 aliphatic carbocycles. The van der Waals surface area contributed by atoms with Gasteiger partial charge in [-0.05, 0) is 26.7 Å². The molecule has 6 nitrogen and oxygen atoms in total. The van der Waals surface area contributed by atoms with Crippen LogP contribution in [0.15, 0.2) is 0 Å². The lowest BCUT2D eigenvalue weighted by Gasteiger charge is -2.41. The van der Waals surface area contributed by atoms with Crippen molar-refractivity contribution in [3.63, 3.8) is 0 Å². The van der Waals surface area contributed by atoms with E-state index in [0.717, 1.165) is 0 Å². The Bertz CT molecular complexity index is 358. The molecule has 0 spiro atoms. The Kier molecular flexibility index (Phi) is 2.91. The number of barbiturate groups is 1. The van der Waals surface area contributed by atoms with Crippen LogP contribution in [0.5, 0.6) is 0 Å². The molecule has 94 valence electrons. The fraction of sp³-hybridized carbons (Fsp3) is 0.727. The molecule has 2 fully saturated rings. The van der Waals surface area contributed by atoms with Crippen molar-refractivity contribution < 1.29 is 19.1 Å². The lowest BCUT2D eigenvalue weighted by molar-refractivity contribution is -0.141. The summed E-state index contributed by atoms with van der Waals surface area (Å²) in [4.78, 5) is 35.6. The van der Waals surface area contributed by atoms with Crippen molar-refractivity contribution in [2.45, 2.75) is 44.8 Å². The van der Waals surface area contributed by atoms with E-state index in [9.17, 15) is 14.4 Å². The van der Waals surface area contributed by atoms with Gasteiger partial charge < -0.3 is 4.74 Å². The van der Waals surface area contributed by atoms with Crippen LogP contribution in [0.3, 0.4) is 0 Å². The third-order valence-electron chi connectivity index (χ3n) is 3.08. The summed E-state index contributed by atoms with van der Waals surface area (Å²) < 4.78 is 5.54. The summed E-state index contributed by atoms with van der Waals surface area (Å²) >= 11 is 0. The molecule has 0 radical (unpaired) electrons. The highest BCUT2D eigenvalue weighted by Gasteiger charge is 2.40. The molecule has 1 unspecified atom stereocenters. The number of nitrogens with zero attached hydrogens (tertiary/aromatic N) is 1. The summed E-state index contributed by atoms with van der Waals surface area (Å²) in [7, 11) is 0. The number of carbonyl (C=O) groups is 3. The molecule has 2 saturated heterocycles. The second-order valence-corrected chi connectivity index (χ2v) is 5.05. The minimum Gasteiger partial charge on any atom is -0.375 e. The van der Waals surface area contributed by atoms with Gasteiger partial charge in [0.2, 0.25) is 11.8 Å². The Morgan fingerprint density at radius 2 is 2.06 bits per heavy atom. The average molecular weight is 240 g/mol. The predicted molar refractivity (Wildman–Crippen MR) is 58.1 cm³/mol. The second kappa shape index (κ2) is 4.10. The summed E-state index contributed by atoms with van der Waals surface area (Å²) in [6.07, 6.45) is 0.973. The van der Waals surface area contributed by atoms with E-state index in [1.54, 1.807) is 0 Å². The number of nitrogens with one attached hydrogen (secondary N) is 1. The fourth-order valence-corrected chi connectivity index (χ4v) is 2.35. The molecule has 2 rings (SSSR count). The molecular weight excluding hydrogens is 224 g/mol. The lowest BCUT2D eigenvalue weighted by Crippen LogP contribution is -2.59. The van der Waals surface area contributed by atoms with Crippen LogP contribution in [0.1, 0.15) is 33.1 Å². The van der Waals surface area contributed by atoms with Gasteiger partial charge >= 0.3 is 6.03 Å². The Labute approximate surface area is 99.3 Å². The molecule has 1 N–H and O–H groups in total. The average Bonchev–Trinajstić information content (AvgIpc) is 2.13. The zero-order valence-corrected chi connectivity index (χ0v) is 9.99. The topological polar surface area (TPSA) is 75.7 Å². The van der Waals surface area contributed by atoms with Crippen molar-refractivity contribution in [2.24, 2.45) is 0 Å². The Hall–Kier alpha value is -1.43. The van der Waals surface area contributed by atoms with Crippen molar-refractivity contribution in [3.8, 4) is 0 Å². The van der Waals surface area contributed by atoms with Crippen LogP contribution in [-0.2, 0) is 14.3 Å². The van der Waals surface area contributed by atoms with Crippen LogP contribution in [0.25, 0.3) is 0 Å². The first-order valence-corrected chi connectivity index (χ1v) is 5.69. The number of urea groups is 1. The molecule has 17 heavy (non-hydrogen) atoms. The van der Waals surface area contributed by atoms with Gasteiger partial charge in [0, 0.05) is 12.6 Å². The number of hydrogen-bond acceptors (Lipinski definition) is 4. The minimum absolute atomic E-state index is 0.181. The highest BCUT2D eigenvalue weighted by molar-refractivity contribution is 6.14. The van der Waals surface area contributed by atoms with Crippen molar-refractivity contribution in [1.29, 1.82) is 0 Å². The fourth-order valence-electron chi connectivity index (χ4n) is 2.35. The maximum Gasteiger partial charge on any atom is 0.331 e. The van der Waals surface area contributed by atoms with Gasteiger partial charge in [-0.1, -0.05) is 0 Å². The molecule has 6 heteroatoms. The smallest absolute Gasteiger partial charge is 0.331 e. The molecule has 0 aromatic rings. The van der Waals surface area contributed by atoms with E-state index in [4.69, 9.17) is 4.74 Å². The minimum atomic E-state index is -0.603. The second-order valence-electron chi connectivity index (χ2n) is 5.05. The monoisotopic (exact) mass is 240 g/mol. The van der Waals surface area contributed by atoms with Crippen LogP contribution in [0.4, 0.5) is 4.79 Å². The number of imide groups is 2. The Balaban J connectivity index is 2.13. The van der Waals surface area contributed by atoms with E-state index in [2.05, 4.69) is 5.32 Å². The van der Waals surface area contributed by atoms with Crippen LogP contribution in [0, 0.1) is 0 Å². The maximum absolute atomic E-state index is 11.7.